The van der Waals surface area contributed by atoms with Crippen LogP contribution < -0.4 is 4.90 Å². The molecule has 3 fully saturated rings. The van der Waals surface area contributed by atoms with E-state index in [-0.39, 0.29) is 12.0 Å². The molecule has 1 aromatic rings. The van der Waals surface area contributed by atoms with Gasteiger partial charge in [0.1, 0.15) is 0 Å². The van der Waals surface area contributed by atoms with E-state index in [1.54, 1.807) is 0 Å². The van der Waals surface area contributed by atoms with Gasteiger partial charge in [-0.15, -0.1) is 0 Å². The highest BCUT2D eigenvalue weighted by molar-refractivity contribution is 5.95. The van der Waals surface area contributed by atoms with Crippen molar-refractivity contribution in [3.63, 3.8) is 0 Å². The number of piperidine rings is 1. The minimum atomic E-state index is -0.0812. The minimum absolute atomic E-state index is 0.0812. The molecule has 2 aliphatic heterocycles. The van der Waals surface area contributed by atoms with Crippen molar-refractivity contribution in [2.75, 3.05) is 31.1 Å². The van der Waals surface area contributed by atoms with Crippen LogP contribution in [0, 0.1) is 17.8 Å². The Hall–Kier alpha value is -1.39. The molecule has 1 aromatic carbocycles. The molecule has 1 unspecified atom stereocenters. The zero-order valence-electron chi connectivity index (χ0n) is 12.9. The Morgan fingerprint density at radius 2 is 1.73 bits per heavy atom. The molecule has 4 rings (SSSR count). The van der Waals surface area contributed by atoms with E-state index in [9.17, 15) is 9.90 Å². The molecule has 3 aliphatic rings. The monoisotopic (exact) mass is 300 g/mol. The van der Waals surface area contributed by atoms with Crippen LogP contribution in [-0.4, -0.2) is 48.2 Å². The van der Waals surface area contributed by atoms with E-state index in [1.165, 1.54) is 12.8 Å². The van der Waals surface area contributed by atoms with Crippen LogP contribution in [0.25, 0.3) is 0 Å². The number of hydrogen-bond acceptors (Lipinski definition) is 3. The third-order valence-electron chi connectivity index (χ3n) is 5.65. The SMILES string of the molecule is O=C1C[C@@H](CN2C[C@H]3CC[C@@H](C2)C3O)CN1c1ccccc1. The molecule has 2 bridgehead atoms. The third kappa shape index (κ3) is 2.55. The van der Waals surface area contributed by atoms with Crippen LogP contribution in [0.4, 0.5) is 5.69 Å². The number of rotatable bonds is 3. The van der Waals surface area contributed by atoms with Crippen molar-refractivity contribution in [1.29, 1.82) is 0 Å². The summed E-state index contributed by atoms with van der Waals surface area (Å²) in [5.74, 6) is 1.58. The molecule has 1 aliphatic carbocycles. The number of likely N-dealkylation sites (tertiary alicyclic amines) is 1. The molecule has 1 saturated carbocycles. The second-order valence-corrected chi connectivity index (χ2v) is 7.22. The van der Waals surface area contributed by atoms with Gasteiger partial charge in [-0.2, -0.15) is 0 Å². The van der Waals surface area contributed by atoms with Gasteiger partial charge in [-0.1, -0.05) is 18.2 Å². The number of aliphatic hydroxyl groups excluding tert-OH is 1. The van der Waals surface area contributed by atoms with Gasteiger partial charge < -0.3 is 14.9 Å². The molecule has 0 aromatic heterocycles. The van der Waals surface area contributed by atoms with E-state index < -0.39 is 0 Å². The number of benzene rings is 1. The Kier molecular flexibility index (Phi) is 3.66. The van der Waals surface area contributed by atoms with Crippen LogP contribution in [0.5, 0.6) is 0 Å². The van der Waals surface area contributed by atoms with E-state index in [1.807, 2.05) is 35.2 Å². The second kappa shape index (κ2) is 5.67. The van der Waals surface area contributed by atoms with E-state index in [0.29, 0.717) is 24.2 Å². The topological polar surface area (TPSA) is 43.8 Å². The fourth-order valence-corrected chi connectivity index (χ4v) is 4.57. The molecule has 4 atom stereocenters. The molecular formula is C18H24N2O2. The van der Waals surface area contributed by atoms with Crippen LogP contribution in [0.2, 0.25) is 0 Å². The number of nitrogens with zero attached hydrogens (tertiary/aromatic N) is 2. The summed E-state index contributed by atoms with van der Waals surface area (Å²) in [6.45, 7) is 3.84. The Balaban J connectivity index is 1.38. The fraction of sp³-hybridized carbons (Fsp3) is 0.611. The molecule has 0 radical (unpaired) electrons. The van der Waals surface area contributed by atoms with Gasteiger partial charge in [0, 0.05) is 38.3 Å². The van der Waals surface area contributed by atoms with Crippen molar-refractivity contribution in [3.8, 4) is 0 Å². The maximum Gasteiger partial charge on any atom is 0.227 e. The van der Waals surface area contributed by atoms with Crippen molar-refractivity contribution >= 4 is 11.6 Å². The summed E-state index contributed by atoms with van der Waals surface area (Å²) in [5.41, 5.74) is 1.02. The van der Waals surface area contributed by atoms with Gasteiger partial charge in [0.2, 0.25) is 5.91 Å². The number of hydrogen-bond donors (Lipinski definition) is 1. The predicted octanol–water partition coefficient (Wildman–Crippen LogP) is 1.74. The first-order chi connectivity index (χ1) is 10.7. The summed E-state index contributed by atoms with van der Waals surface area (Å²) in [4.78, 5) is 16.7. The first-order valence-corrected chi connectivity index (χ1v) is 8.46. The highest BCUT2D eigenvalue weighted by atomic mass is 16.3. The van der Waals surface area contributed by atoms with E-state index in [4.69, 9.17) is 0 Å². The summed E-state index contributed by atoms with van der Waals surface area (Å²) in [7, 11) is 0. The largest absolute Gasteiger partial charge is 0.392 e. The number of carbonyl (C=O) groups is 1. The Morgan fingerprint density at radius 3 is 2.41 bits per heavy atom. The molecule has 0 spiro atoms. The lowest BCUT2D eigenvalue weighted by atomic mass is 9.94. The average molecular weight is 300 g/mol. The van der Waals surface area contributed by atoms with Gasteiger partial charge in [0.25, 0.3) is 0 Å². The Labute approximate surface area is 131 Å². The fourth-order valence-electron chi connectivity index (χ4n) is 4.57. The highest BCUT2D eigenvalue weighted by Gasteiger charge is 2.42. The van der Waals surface area contributed by atoms with Crippen LogP contribution in [-0.2, 0) is 4.79 Å². The van der Waals surface area contributed by atoms with Gasteiger partial charge in [-0.3, -0.25) is 4.79 Å². The number of aliphatic hydroxyl groups is 1. The lowest BCUT2D eigenvalue weighted by Crippen LogP contribution is -2.46. The molecule has 2 saturated heterocycles. The molecule has 22 heavy (non-hydrogen) atoms. The van der Waals surface area contributed by atoms with Crippen LogP contribution in [0.1, 0.15) is 19.3 Å². The van der Waals surface area contributed by atoms with Crippen LogP contribution in [0.3, 0.4) is 0 Å². The predicted molar refractivity (Wildman–Crippen MR) is 85.6 cm³/mol. The van der Waals surface area contributed by atoms with Gasteiger partial charge in [-0.05, 0) is 42.7 Å². The summed E-state index contributed by atoms with van der Waals surface area (Å²) in [5, 5.41) is 10.1. The van der Waals surface area contributed by atoms with Gasteiger partial charge in [0.05, 0.1) is 6.10 Å². The molecule has 1 N–H and O–H groups in total. The first-order valence-electron chi connectivity index (χ1n) is 8.46. The van der Waals surface area contributed by atoms with Crippen molar-refractivity contribution in [2.45, 2.75) is 25.4 Å². The maximum absolute atomic E-state index is 12.3. The molecule has 4 heteroatoms. The average Bonchev–Trinajstić information content (AvgIpc) is 2.96. The Morgan fingerprint density at radius 1 is 1.05 bits per heavy atom. The smallest absolute Gasteiger partial charge is 0.227 e. The zero-order valence-corrected chi connectivity index (χ0v) is 12.9. The number of fused-ring (bicyclic) bond motifs is 2. The molecular weight excluding hydrogens is 276 g/mol. The van der Waals surface area contributed by atoms with Gasteiger partial charge in [-0.25, -0.2) is 0 Å². The van der Waals surface area contributed by atoms with Gasteiger partial charge in [0.15, 0.2) is 0 Å². The number of amides is 1. The summed E-state index contributed by atoms with van der Waals surface area (Å²) >= 11 is 0. The van der Waals surface area contributed by atoms with Gasteiger partial charge >= 0.3 is 0 Å². The first kappa shape index (κ1) is 14.2. The highest BCUT2D eigenvalue weighted by Crippen LogP contribution is 2.37. The van der Waals surface area contributed by atoms with E-state index >= 15 is 0 Å². The lowest BCUT2D eigenvalue weighted by Gasteiger charge is -2.36. The minimum Gasteiger partial charge on any atom is -0.392 e. The maximum atomic E-state index is 12.3. The van der Waals surface area contributed by atoms with Crippen LogP contribution >= 0.6 is 0 Å². The lowest BCUT2D eigenvalue weighted by molar-refractivity contribution is -0.117. The second-order valence-electron chi connectivity index (χ2n) is 7.22. The summed E-state index contributed by atoms with van der Waals surface area (Å²) < 4.78 is 0. The van der Waals surface area contributed by atoms with Crippen molar-refractivity contribution < 1.29 is 9.90 Å². The van der Waals surface area contributed by atoms with E-state index in [0.717, 1.165) is 31.9 Å². The Bertz CT molecular complexity index is 533. The van der Waals surface area contributed by atoms with Crippen molar-refractivity contribution in [1.82, 2.24) is 4.90 Å². The summed E-state index contributed by atoms with van der Waals surface area (Å²) in [6, 6.07) is 9.98. The summed E-state index contributed by atoms with van der Waals surface area (Å²) in [6.07, 6.45) is 2.91. The zero-order chi connectivity index (χ0) is 15.1. The number of anilines is 1. The van der Waals surface area contributed by atoms with Crippen molar-refractivity contribution in [2.24, 2.45) is 17.8 Å². The molecule has 1 amide bonds. The molecule has 118 valence electrons. The number of carbonyl (C=O) groups excluding carboxylic acids is 1. The molecule has 4 nitrogen and oxygen atoms in total. The van der Waals surface area contributed by atoms with E-state index in [2.05, 4.69) is 4.90 Å². The van der Waals surface area contributed by atoms with Crippen LogP contribution in [0.15, 0.2) is 30.3 Å². The standard InChI is InChI=1S/C18H24N2O2/c21-17-8-13(10-20(17)16-4-2-1-3-5-16)9-19-11-14-6-7-15(12-19)18(14)22/h1-5,13-15,18,22H,6-12H2/t13-,14-,15+,18?/m0/s1. The molecule has 2 heterocycles. The van der Waals surface area contributed by atoms with Crippen molar-refractivity contribution in [3.05, 3.63) is 30.3 Å². The normalized spacial score (nSPS) is 35.3. The quantitative estimate of drug-likeness (QED) is 0.925. The number of para-hydroxylation sites is 1. The third-order valence-corrected chi connectivity index (χ3v) is 5.65.